The minimum atomic E-state index is -4.45. The normalized spacial score (nSPS) is 10.9. The van der Waals surface area contributed by atoms with Crippen molar-refractivity contribution >= 4 is 105 Å². The first-order chi connectivity index (χ1) is 38.2. The van der Waals surface area contributed by atoms with Crippen molar-refractivity contribution in [2.45, 2.75) is 18.8 Å². The van der Waals surface area contributed by atoms with Gasteiger partial charge in [0.25, 0.3) is 5.24 Å². The fourth-order valence-electron chi connectivity index (χ4n) is 7.08. The van der Waals surface area contributed by atoms with Crippen molar-refractivity contribution in [1.29, 1.82) is 0 Å². The minimum absolute atomic E-state index is 0.0609. The Morgan fingerprint density at radius 2 is 0.925 bits per heavy atom. The molecule has 5 N–H and O–H groups in total. The lowest BCUT2D eigenvalue weighted by Gasteiger charge is -2.07. The van der Waals surface area contributed by atoms with Crippen molar-refractivity contribution in [3.8, 4) is 0 Å². The SMILES string of the molecule is NC(=O)c1ccc(C(F)(F)F)cc1.O=C(Cc1ccc(C(=O)c2c[nH]c3ncccc23)cn1)c1ccc(C(F)(F)F)cc1.O=C(Cl)c1ccc(Br)nc1.O=C(c1ccc(Br)nc1)c1c[nH]c2ncccc12.c1cnc2[nH]ccc2c1. The molecule has 11 rings (SSSR count). The zero-order chi connectivity index (χ0) is 57.6. The number of carbonyl (C=O) groups is 5. The van der Waals surface area contributed by atoms with Crippen molar-refractivity contribution in [1.82, 2.24) is 44.9 Å². The van der Waals surface area contributed by atoms with Crippen LogP contribution in [-0.2, 0) is 18.8 Å². The third-order valence-corrected chi connectivity index (χ3v) is 12.3. The molecule has 11 aromatic rings. The Kier molecular flexibility index (Phi) is 19.4. The Balaban J connectivity index is 0.000000157. The summed E-state index contributed by atoms with van der Waals surface area (Å²) < 4.78 is 75.3. The smallest absolute Gasteiger partial charge is 0.366 e. The van der Waals surface area contributed by atoms with Crippen molar-refractivity contribution in [3.05, 3.63) is 248 Å². The number of nitrogens with two attached hydrogens (primary N) is 1. The van der Waals surface area contributed by atoms with E-state index in [-0.39, 0.29) is 34.9 Å². The molecule has 0 aliphatic carbocycles. The molecule has 1 amide bonds. The van der Waals surface area contributed by atoms with E-state index in [1.165, 1.54) is 12.4 Å². The lowest BCUT2D eigenvalue weighted by molar-refractivity contribution is -0.138. The van der Waals surface area contributed by atoms with Crippen LogP contribution in [0.3, 0.4) is 0 Å². The third kappa shape index (κ3) is 15.8. The Morgan fingerprint density at radius 3 is 1.35 bits per heavy atom. The van der Waals surface area contributed by atoms with Crippen LogP contribution in [0.1, 0.15) is 79.7 Å². The van der Waals surface area contributed by atoms with E-state index in [9.17, 15) is 50.3 Å². The number of Topliss-reactive ketones (excluding diaryl/α,β-unsaturated/α-hetero) is 1. The number of alkyl halides is 6. The number of fused-ring (bicyclic) bond motifs is 3. The number of hydrogen-bond donors (Lipinski definition) is 4. The second-order valence-electron chi connectivity index (χ2n) is 16.4. The minimum Gasteiger partial charge on any atom is -0.366 e. The topological polar surface area (TPSA) is 236 Å². The number of rotatable bonds is 9. The van der Waals surface area contributed by atoms with Gasteiger partial charge in [-0.25, -0.2) is 24.9 Å². The standard InChI is InChI=1S/C22H14F3N3O2.C13H8BrN3O.C8H6F3NO.C7H6N2.C6H3BrClNO/c23-22(24,25)15-6-3-13(4-7-15)19(29)10-16-8-5-14(11-27-16)20(30)18-12-28-21-17(18)2-1-9-26-21;14-11-4-3-8(6-16-11)12(18)10-7-17-13-9(10)2-1-5-15-13;9-8(10,11)6-3-1-5(2-4-6)7(12)13;1-2-6-3-5-9-7(6)8-4-1;7-5-2-1-4(3-9-5)6(8)10/h1-9,11-12H,10H2,(H,26,28);1-7H,(H,15,17);1-4H,(H2,12,13);1-5H,(H,8,9);1-3H. The van der Waals surface area contributed by atoms with Crippen LogP contribution in [0.15, 0.2) is 192 Å². The number of ketones is 3. The molecular formula is C56H37Br2ClF6N10O5. The highest BCUT2D eigenvalue weighted by Gasteiger charge is 2.31. The van der Waals surface area contributed by atoms with Crippen LogP contribution >= 0.6 is 43.5 Å². The maximum absolute atomic E-state index is 12.7. The number of pyridine rings is 6. The molecule has 80 heavy (non-hydrogen) atoms. The molecule has 24 heteroatoms. The number of nitrogens with zero attached hydrogens (tertiary/aromatic N) is 6. The number of aromatic nitrogens is 9. The lowest BCUT2D eigenvalue weighted by atomic mass is 10.0. The van der Waals surface area contributed by atoms with Crippen molar-refractivity contribution in [3.63, 3.8) is 0 Å². The summed E-state index contributed by atoms with van der Waals surface area (Å²) in [6.07, 6.45) is 5.68. The molecule has 0 radical (unpaired) electrons. The van der Waals surface area contributed by atoms with Gasteiger partial charge in [-0.15, -0.1) is 0 Å². The summed E-state index contributed by atoms with van der Waals surface area (Å²) in [5, 5.41) is 2.20. The summed E-state index contributed by atoms with van der Waals surface area (Å²) in [5.74, 6) is -1.40. The third-order valence-electron chi connectivity index (χ3n) is 11.1. The average Bonchev–Trinajstić information content (AvgIpc) is 4.24. The number of primary amides is 1. The maximum Gasteiger partial charge on any atom is 0.416 e. The molecule has 0 fully saturated rings. The molecular weight excluding hydrogens is 1200 g/mol. The average molecular weight is 1240 g/mol. The number of aromatic amines is 3. The molecule has 0 bridgehead atoms. The molecule has 0 saturated heterocycles. The van der Waals surface area contributed by atoms with Gasteiger partial charge in [-0.1, -0.05) is 12.1 Å². The van der Waals surface area contributed by atoms with Crippen LogP contribution in [0.4, 0.5) is 26.3 Å². The monoisotopic (exact) mass is 1240 g/mol. The molecule has 15 nitrogen and oxygen atoms in total. The predicted molar refractivity (Wildman–Crippen MR) is 293 cm³/mol. The lowest BCUT2D eigenvalue weighted by Crippen LogP contribution is -2.11. The van der Waals surface area contributed by atoms with Gasteiger partial charge in [0.2, 0.25) is 5.91 Å². The Bertz CT molecular complexity index is 3900. The molecule has 0 unspecified atom stereocenters. The second-order valence-corrected chi connectivity index (χ2v) is 18.4. The van der Waals surface area contributed by atoms with E-state index in [1.54, 1.807) is 85.7 Å². The number of carbonyl (C=O) groups excluding carboxylic acids is 5. The Labute approximate surface area is 470 Å². The van der Waals surface area contributed by atoms with Gasteiger partial charge >= 0.3 is 12.4 Å². The molecule has 9 heterocycles. The highest BCUT2D eigenvalue weighted by Crippen LogP contribution is 2.30. The van der Waals surface area contributed by atoms with E-state index in [2.05, 4.69) is 76.7 Å². The highest BCUT2D eigenvalue weighted by atomic mass is 79.9. The number of nitrogens with one attached hydrogen (secondary N) is 3. The van der Waals surface area contributed by atoms with Gasteiger partial charge in [0.1, 0.15) is 26.1 Å². The molecule has 404 valence electrons. The molecule has 0 aliphatic rings. The van der Waals surface area contributed by atoms with Crippen molar-refractivity contribution in [2.75, 3.05) is 0 Å². The van der Waals surface area contributed by atoms with Crippen LogP contribution in [0, 0.1) is 0 Å². The van der Waals surface area contributed by atoms with E-state index in [0.29, 0.717) is 59.4 Å². The molecule has 0 aliphatic heterocycles. The summed E-state index contributed by atoms with van der Waals surface area (Å²) >= 11 is 11.5. The molecule has 0 atom stereocenters. The van der Waals surface area contributed by atoms with Crippen LogP contribution < -0.4 is 5.73 Å². The summed E-state index contributed by atoms with van der Waals surface area (Å²) in [6.45, 7) is 0. The van der Waals surface area contributed by atoms with E-state index < -0.39 is 34.6 Å². The molecule has 0 spiro atoms. The first-order valence-corrected chi connectivity index (χ1v) is 25.0. The van der Waals surface area contributed by atoms with Gasteiger partial charge in [-0.05, 0) is 159 Å². The van der Waals surface area contributed by atoms with Crippen LogP contribution in [0.5, 0.6) is 0 Å². The quantitative estimate of drug-likeness (QED) is 0.0459. The Hall–Kier alpha value is -9.06. The van der Waals surface area contributed by atoms with E-state index in [0.717, 1.165) is 65.0 Å². The van der Waals surface area contributed by atoms with Crippen LogP contribution in [0.2, 0.25) is 0 Å². The molecule has 2 aromatic carbocycles. The maximum atomic E-state index is 12.7. The highest BCUT2D eigenvalue weighted by molar-refractivity contribution is 9.10. The van der Waals surface area contributed by atoms with E-state index in [1.807, 2.05) is 36.5 Å². The van der Waals surface area contributed by atoms with Crippen molar-refractivity contribution < 1.29 is 50.3 Å². The summed E-state index contributed by atoms with van der Waals surface area (Å²) in [5.41, 5.74) is 8.56. The molecule has 0 saturated carbocycles. The first-order valence-electron chi connectivity index (χ1n) is 23.0. The van der Waals surface area contributed by atoms with Crippen LogP contribution in [-0.4, -0.2) is 73.4 Å². The zero-order valence-electron chi connectivity index (χ0n) is 40.7. The van der Waals surface area contributed by atoms with Gasteiger partial charge in [-0.2, -0.15) is 26.3 Å². The van der Waals surface area contributed by atoms with Gasteiger partial charge in [0.15, 0.2) is 17.3 Å². The van der Waals surface area contributed by atoms with Crippen molar-refractivity contribution in [2.24, 2.45) is 5.73 Å². The second kappa shape index (κ2) is 26.5. The number of benzene rings is 2. The fourth-order valence-corrected chi connectivity index (χ4v) is 7.66. The van der Waals surface area contributed by atoms with Crippen LogP contribution in [0.25, 0.3) is 33.1 Å². The number of amides is 1. The summed E-state index contributed by atoms with van der Waals surface area (Å²) in [4.78, 5) is 91.7. The van der Waals surface area contributed by atoms with Gasteiger partial charge in [-0.3, -0.25) is 29.0 Å². The van der Waals surface area contributed by atoms with E-state index in [4.69, 9.17) is 17.3 Å². The molecule has 9 aromatic heterocycles. The number of hydrogen-bond acceptors (Lipinski definition) is 11. The van der Waals surface area contributed by atoms with Gasteiger partial charge in [0, 0.05) is 111 Å². The summed E-state index contributed by atoms with van der Waals surface area (Å²) in [6, 6.07) is 30.8. The van der Waals surface area contributed by atoms with E-state index >= 15 is 0 Å². The Morgan fingerprint density at radius 1 is 0.487 bits per heavy atom. The fraction of sp³-hybridized carbons (Fsp3) is 0.0536. The zero-order valence-corrected chi connectivity index (χ0v) is 44.7. The first kappa shape index (κ1) is 58.6. The predicted octanol–water partition coefficient (Wildman–Crippen LogP) is 13.2. The van der Waals surface area contributed by atoms with Gasteiger partial charge in [0.05, 0.1) is 23.1 Å². The van der Waals surface area contributed by atoms with Gasteiger partial charge < -0.3 is 20.7 Å². The number of H-pyrrole nitrogens is 3. The largest absolute Gasteiger partial charge is 0.416 e. The number of halogens is 9. The summed E-state index contributed by atoms with van der Waals surface area (Å²) in [7, 11) is 0.